The molecule has 53 heavy (non-hydrogen) atoms. The van der Waals surface area contributed by atoms with Crippen molar-refractivity contribution in [2.24, 2.45) is 0 Å². The number of rotatable bonds is 5. The van der Waals surface area contributed by atoms with Crippen molar-refractivity contribution in [3.8, 4) is 39.4 Å². The fourth-order valence-corrected chi connectivity index (χ4v) is 8.54. The number of hydrogen-bond donors (Lipinski definition) is 0. The van der Waals surface area contributed by atoms with Gasteiger partial charge in [-0.25, -0.2) is 0 Å². The van der Waals surface area contributed by atoms with Gasteiger partial charge in [0.25, 0.3) is 0 Å². The maximum absolute atomic E-state index is 2.50. The van der Waals surface area contributed by atoms with Gasteiger partial charge < -0.3 is 13.7 Å². The molecule has 0 spiro atoms. The number of fused-ring (bicyclic) bond motifs is 8. The van der Waals surface area contributed by atoms with E-state index in [1.54, 1.807) is 0 Å². The van der Waals surface area contributed by atoms with Gasteiger partial charge in [0, 0.05) is 44.0 Å². The smallest absolute Gasteiger partial charge is 0.0635 e. The lowest BCUT2D eigenvalue weighted by Gasteiger charge is -2.16. The van der Waals surface area contributed by atoms with Gasteiger partial charge in [-0.15, -0.1) is 0 Å². The molecule has 0 fully saturated rings. The summed E-state index contributed by atoms with van der Waals surface area (Å²) in [7, 11) is 0. The highest BCUT2D eigenvalue weighted by molar-refractivity contribution is 6.19. The first-order chi connectivity index (χ1) is 26.3. The van der Waals surface area contributed by atoms with Gasteiger partial charge >= 0.3 is 0 Å². The standard InChI is InChI=1S/C50H33N3/c1-4-16-34(17-5-1)36-30-38(52-45-25-13-10-22-40(45)41-23-11-14-26-46(41)52)32-39(31-36)53-47-27-15-12-24-42(47)43-28-29-48-44(50(43)53)33-49(35-18-6-2-7-19-35)51(48)37-20-8-3-9-21-37/h1-33H. The fraction of sp³-hybridized carbons (Fsp3) is 0. The number of hydrogen-bond acceptors (Lipinski definition) is 0. The first kappa shape index (κ1) is 29.6. The van der Waals surface area contributed by atoms with Gasteiger partial charge in [-0.3, -0.25) is 0 Å². The molecule has 0 bridgehead atoms. The highest BCUT2D eigenvalue weighted by atomic mass is 15.0. The molecule has 0 aliphatic heterocycles. The Morgan fingerprint density at radius 2 is 0.717 bits per heavy atom. The van der Waals surface area contributed by atoms with E-state index in [1.165, 1.54) is 76.9 Å². The molecular formula is C50H33N3. The molecule has 3 nitrogen and oxygen atoms in total. The molecule has 0 atom stereocenters. The summed E-state index contributed by atoms with van der Waals surface area (Å²) in [5.74, 6) is 0. The van der Waals surface area contributed by atoms with Crippen LogP contribution in [0.2, 0.25) is 0 Å². The summed E-state index contributed by atoms with van der Waals surface area (Å²) in [5.41, 5.74) is 14.0. The van der Waals surface area contributed by atoms with Crippen molar-refractivity contribution in [2.45, 2.75) is 0 Å². The molecular weight excluding hydrogens is 643 g/mol. The Morgan fingerprint density at radius 1 is 0.245 bits per heavy atom. The minimum Gasteiger partial charge on any atom is -0.309 e. The summed E-state index contributed by atoms with van der Waals surface area (Å²) in [6.07, 6.45) is 0. The number of nitrogens with zero attached hydrogens (tertiary/aromatic N) is 3. The van der Waals surface area contributed by atoms with Gasteiger partial charge in [0.1, 0.15) is 0 Å². The molecule has 248 valence electrons. The Bertz CT molecular complexity index is 3090. The van der Waals surface area contributed by atoms with Crippen molar-refractivity contribution in [1.29, 1.82) is 0 Å². The van der Waals surface area contributed by atoms with Crippen molar-refractivity contribution in [3.05, 3.63) is 200 Å². The Labute approximate surface area is 306 Å². The van der Waals surface area contributed by atoms with Gasteiger partial charge in [-0.05, 0) is 77.4 Å². The zero-order valence-corrected chi connectivity index (χ0v) is 28.9. The third-order valence-electron chi connectivity index (χ3n) is 10.8. The fourth-order valence-electron chi connectivity index (χ4n) is 8.54. The van der Waals surface area contributed by atoms with Crippen LogP contribution in [0.25, 0.3) is 94.0 Å². The lowest BCUT2D eigenvalue weighted by atomic mass is 10.0. The molecule has 3 heterocycles. The summed E-state index contributed by atoms with van der Waals surface area (Å²) < 4.78 is 7.35. The van der Waals surface area contributed by atoms with Gasteiger partial charge in [0.2, 0.25) is 0 Å². The summed E-state index contributed by atoms with van der Waals surface area (Å²) in [6, 6.07) is 72.7. The van der Waals surface area contributed by atoms with Crippen LogP contribution in [-0.4, -0.2) is 13.7 Å². The zero-order valence-electron chi connectivity index (χ0n) is 28.9. The Balaban J connectivity index is 1.28. The van der Waals surface area contributed by atoms with E-state index >= 15 is 0 Å². The van der Waals surface area contributed by atoms with Crippen molar-refractivity contribution < 1.29 is 0 Å². The molecule has 0 radical (unpaired) electrons. The average Bonchev–Trinajstić information content (AvgIpc) is 3.90. The number of benzene rings is 8. The van der Waals surface area contributed by atoms with E-state index in [0.717, 1.165) is 17.1 Å². The summed E-state index contributed by atoms with van der Waals surface area (Å²) in [6.45, 7) is 0. The molecule has 0 amide bonds. The van der Waals surface area contributed by atoms with Gasteiger partial charge in [-0.1, -0.05) is 140 Å². The van der Waals surface area contributed by atoms with Gasteiger partial charge in [-0.2, -0.15) is 0 Å². The van der Waals surface area contributed by atoms with E-state index in [4.69, 9.17) is 0 Å². The van der Waals surface area contributed by atoms with E-state index in [2.05, 4.69) is 214 Å². The van der Waals surface area contributed by atoms with E-state index in [-0.39, 0.29) is 0 Å². The van der Waals surface area contributed by atoms with Crippen LogP contribution in [0.3, 0.4) is 0 Å². The van der Waals surface area contributed by atoms with Crippen LogP contribution in [0.1, 0.15) is 0 Å². The number of para-hydroxylation sites is 4. The monoisotopic (exact) mass is 675 g/mol. The molecule has 0 saturated carbocycles. The molecule has 0 N–H and O–H groups in total. The Kier molecular flexibility index (Phi) is 6.55. The third-order valence-corrected chi connectivity index (χ3v) is 10.8. The van der Waals surface area contributed by atoms with Crippen LogP contribution in [0, 0.1) is 0 Å². The van der Waals surface area contributed by atoms with E-state index in [0.29, 0.717) is 0 Å². The van der Waals surface area contributed by atoms with E-state index in [9.17, 15) is 0 Å². The second-order valence-electron chi connectivity index (χ2n) is 13.8. The van der Waals surface area contributed by atoms with Crippen molar-refractivity contribution in [2.75, 3.05) is 0 Å². The van der Waals surface area contributed by atoms with Crippen LogP contribution < -0.4 is 0 Å². The van der Waals surface area contributed by atoms with Gasteiger partial charge in [0.05, 0.1) is 33.3 Å². The minimum atomic E-state index is 1.12. The highest BCUT2D eigenvalue weighted by Gasteiger charge is 2.21. The SMILES string of the molecule is c1ccc(-c2cc(-n3c4ccccc4c4ccccc43)cc(-n3c4ccccc4c4ccc5c(cc(-c6ccccc6)n5-c5ccccc5)c43)c2)cc1. The van der Waals surface area contributed by atoms with Crippen molar-refractivity contribution in [3.63, 3.8) is 0 Å². The largest absolute Gasteiger partial charge is 0.309 e. The second-order valence-corrected chi connectivity index (χ2v) is 13.8. The molecule has 8 aromatic carbocycles. The topological polar surface area (TPSA) is 14.8 Å². The van der Waals surface area contributed by atoms with Crippen LogP contribution >= 0.6 is 0 Å². The summed E-state index contributed by atoms with van der Waals surface area (Å²) >= 11 is 0. The van der Waals surface area contributed by atoms with Gasteiger partial charge in [0.15, 0.2) is 0 Å². The van der Waals surface area contributed by atoms with Crippen LogP contribution in [-0.2, 0) is 0 Å². The normalized spacial score (nSPS) is 11.8. The lowest BCUT2D eigenvalue weighted by molar-refractivity contribution is 1.13. The maximum Gasteiger partial charge on any atom is 0.0635 e. The van der Waals surface area contributed by atoms with Crippen LogP contribution in [0.4, 0.5) is 0 Å². The maximum atomic E-state index is 2.50. The third kappa shape index (κ3) is 4.54. The molecule has 11 rings (SSSR count). The first-order valence-corrected chi connectivity index (χ1v) is 18.2. The zero-order chi connectivity index (χ0) is 34.9. The molecule has 0 unspecified atom stereocenters. The van der Waals surface area contributed by atoms with E-state index < -0.39 is 0 Å². The summed E-state index contributed by atoms with van der Waals surface area (Å²) in [5, 5.41) is 6.20. The second kappa shape index (κ2) is 11.7. The molecule has 11 aromatic rings. The minimum absolute atomic E-state index is 1.12. The molecule has 3 aromatic heterocycles. The predicted molar refractivity (Wildman–Crippen MR) is 223 cm³/mol. The van der Waals surface area contributed by atoms with Crippen LogP contribution in [0.5, 0.6) is 0 Å². The molecule has 0 saturated heterocycles. The average molecular weight is 676 g/mol. The summed E-state index contributed by atoms with van der Waals surface area (Å²) in [4.78, 5) is 0. The lowest BCUT2D eigenvalue weighted by Crippen LogP contribution is -2.00. The predicted octanol–water partition coefficient (Wildman–Crippen LogP) is 13.2. The Morgan fingerprint density at radius 3 is 1.34 bits per heavy atom. The molecule has 0 aliphatic carbocycles. The quantitative estimate of drug-likeness (QED) is 0.172. The van der Waals surface area contributed by atoms with Crippen molar-refractivity contribution in [1.82, 2.24) is 13.7 Å². The van der Waals surface area contributed by atoms with E-state index in [1.807, 2.05) is 0 Å². The first-order valence-electron chi connectivity index (χ1n) is 18.2. The number of aromatic nitrogens is 3. The van der Waals surface area contributed by atoms with Crippen LogP contribution in [0.15, 0.2) is 200 Å². The van der Waals surface area contributed by atoms with Crippen molar-refractivity contribution >= 4 is 54.5 Å². The highest BCUT2D eigenvalue weighted by Crippen LogP contribution is 2.42. The molecule has 0 aliphatic rings. The Hall–Kier alpha value is -7.10. The molecule has 3 heteroatoms.